The van der Waals surface area contributed by atoms with E-state index in [1.165, 1.54) is 37.6 Å². The molecule has 0 atom stereocenters. The molecule has 7 nitrogen and oxygen atoms in total. The first-order chi connectivity index (χ1) is 15.4. The molecule has 0 saturated heterocycles. The number of rotatable bonds is 9. The zero-order valence-corrected chi connectivity index (χ0v) is 18.4. The Kier molecular flexibility index (Phi) is 7.51. The van der Waals surface area contributed by atoms with Crippen molar-refractivity contribution in [3.05, 3.63) is 90.7 Å². The van der Waals surface area contributed by atoms with Crippen molar-refractivity contribution < 1.29 is 31.6 Å². The van der Waals surface area contributed by atoms with Gasteiger partial charge in [0.2, 0.25) is 0 Å². The average molecular weight is 455 g/mol. The third-order valence-electron chi connectivity index (χ3n) is 4.18. The van der Waals surface area contributed by atoms with Gasteiger partial charge in [0.05, 0.1) is 20.0 Å². The van der Waals surface area contributed by atoms with Gasteiger partial charge in [0.1, 0.15) is 27.7 Å². The molecule has 8 heteroatoms. The van der Waals surface area contributed by atoms with Crippen molar-refractivity contribution in [2.75, 3.05) is 13.7 Å². The Labute approximate surface area is 186 Å². The summed E-state index contributed by atoms with van der Waals surface area (Å²) >= 11 is 0. The smallest absolute Gasteiger partial charge is 0.342 e. The van der Waals surface area contributed by atoms with Crippen LogP contribution in [-0.2, 0) is 24.4 Å². The third kappa shape index (κ3) is 5.67. The highest BCUT2D eigenvalue weighted by atomic mass is 32.2. The molecule has 3 aromatic rings. The summed E-state index contributed by atoms with van der Waals surface area (Å²) in [6, 6.07) is 20.9. The number of carbonyl (C=O) groups excluding carboxylic acids is 1. The highest BCUT2D eigenvalue weighted by Gasteiger charge is 2.20. The Balaban J connectivity index is 1.88. The summed E-state index contributed by atoms with van der Waals surface area (Å²) < 4.78 is 46.3. The SMILES string of the molecule is CCOC(=O)/C(=C/OC)c1ccccc1Oc1cccc(OS(=O)(=O)c2ccccc2)c1. The summed E-state index contributed by atoms with van der Waals surface area (Å²) in [4.78, 5) is 12.4. The van der Waals surface area contributed by atoms with Gasteiger partial charge in [-0.05, 0) is 37.3 Å². The summed E-state index contributed by atoms with van der Waals surface area (Å²) in [7, 11) is -2.56. The molecule has 3 aromatic carbocycles. The maximum absolute atomic E-state index is 12.5. The van der Waals surface area contributed by atoms with E-state index < -0.39 is 16.1 Å². The molecule has 32 heavy (non-hydrogen) atoms. The molecule has 0 unspecified atom stereocenters. The molecule has 0 aliphatic heterocycles. The van der Waals surface area contributed by atoms with Crippen LogP contribution in [0.1, 0.15) is 12.5 Å². The molecule has 0 aromatic heterocycles. The van der Waals surface area contributed by atoms with E-state index in [0.717, 1.165) is 0 Å². The molecule has 0 saturated carbocycles. The fourth-order valence-electron chi connectivity index (χ4n) is 2.80. The molecule has 3 rings (SSSR count). The van der Waals surface area contributed by atoms with E-state index in [2.05, 4.69) is 0 Å². The Morgan fingerprint density at radius 2 is 1.59 bits per heavy atom. The van der Waals surface area contributed by atoms with Crippen LogP contribution >= 0.6 is 0 Å². The van der Waals surface area contributed by atoms with E-state index in [-0.39, 0.29) is 22.8 Å². The number of esters is 1. The molecule has 0 spiro atoms. The van der Waals surface area contributed by atoms with Crippen molar-refractivity contribution in [1.82, 2.24) is 0 Å². The lowest BCUT2D eigenvalue weighted by molar-refractivity contribution is -0.136. The first kappa shape index (κ1) is 22.9. The van der Waals surface area contributed by atoms with Gasteiger partial charge < -0.3 is 18.4 Å². The molecular weight excluding hydrogens is 432 g/mol. The molecule has 0 radical (unpaired) electrons. The first-order valence-corrected chi connectivity index (χ1v) is 11.1. The minimum absolute atomic E-state index is 0.0421. The number of carbonyl (C=O) groups is 1. The number of hydrogen-bond acceptors (Lipinski definition) is 7. The lowest BCUT2D eigenvalue weighted by Crippen LogP contribution is -2.09. The zero-order chi connectivity index (χ0) is 23.0. The van der Waals surface area contributed by atoms with Gasteiger partial charge in [-0.2, -0.15) is 8.42 Å². The standard InChI is InChI=1S/C24H22O7S/c1-3-29-24(25)22(17-28-2)21-14-7-8-15-23(21)30-18-10-9-11-19(16-18)31-32(26,27)20-12-5-4-6-13-20/h4-17H,3H2,1-2H3/b22-17+. The van der Waals surface area contributed by atoms with Crippen molar-refractivity contribution in [2.24, 2.45) is 0 Å². The Bertz CT molecular complexity index is 1200. The molecule has 0 amide bonds. The van der Waals surface area contributed by atoms with Gasteiger partial charge in [0.15, 0.2) is 0 Å². The van der Waals surface area contributed by atoms with Crippen molar-refractivity contribution in [3.8, 4) is 17.2 Å². The van der Waals surface area contributed by atoms with Crippen molar-refractivity contribution >= 4 is 21.7 Å². The van der Waals surface area contributed by atoms with Gasteiger partial charge in [-0.1, -0.05) is 42.5 Å². The molecular formula is C24H22O7S. The van der Waals surface area contributed by atoms with Crippen LogP contribution in [0, 0.1) is 0 Å². The minimum atomic E-state index is -3.99. The van der Waals surface area contributed by atoms with Gasteiger partial charge in [0, 0.05) is 11.6 Å². The van der Waals surface area contributed by atoms with E-state index in [9.17, 15) is 13.2 Å². The van der Waals surface area contributed by atoms with Crippen LogP contribution < -0.4 is 8.92 Å². The van der Waals surface area contributed by atoms with E-state index in [1.807, 2.05) is 0 Å². The van der Waals surface area contributed by atoms with E-state index in [0.29, 0.717) is 17.1 Å². The van der Waals surface area contributed by atoms with Gasteiger partial charge in [0.25, 0.3) is 0 Å². The predicted octanol–water partition coefficient (Wildman–Crippen LogP) is 4.80. The Hall–Kier alpha value is -3.78. The number of benzene rings is 3. The summed E-state index contributed by atoms with van der Waals surface area (Å²) in [6.45, 7) is 1.91. The van der Waals surface area contributed by atoms with Crippen molar-refractivity contribution in [1.29, 1.82) is 0 Å². The first-order valence-electron chi connectivity index (χ1n) is 9.71. The second-order valence-electron chi connectivity index (χ2n) is 6.41. The number of para-hydroxylation sites is 1. The second kappa shape index (κ2) is 10.5. The molecule has 0 aliphatic rings. The van der Waals surface area contributed by atoms with Crippen LogP contribution in [-0.4, -0.2) is 28.1 Å². The van der Waals surface area contributed by atoms with Crippen LogP contribution in [0.25, 0.3) is 5.57 Å². The van der Waals surface area contributed by atoms with Gasteiger partial charge in [-0.25, -0.2) is 4.79 Å². The lowest BCUT2D eigenvalue weighted by atomic mass is 10.1. The molecule has 0 aliphatic carbocycles. The molecule has 0 heterocycles. The Morgan fingerprint density at radius 1 is 0.906 bits per heavy atom. The predicted molar refractivity (Wildman–Crippen MR) is 119 cm³/mol. The second-order valence-corrected chi connectivity index (χ2v) is 7.96. The largest absolute Gasteiger partial charge is 0.503 e. The van der Waals surface area contributed by atoms with Crippen LogP contribution in [0.5, 0.6) is 17.2 Å². The van der Waals surface area contributed by atoms with Crippen molar-refractivity contribution in [2.45, 2.75) is 11.8 Å². The van der Waals surface area contributed by atoms with Gasteiger partial charge in [-0.15, -0.1) is 0 Å². The van der Waals surface area contributed by atoms with Crippen LogP contribution in [0.4, 0.5) is 0 Å². The highest BCUT2D eigenvalue weighted by Crippen LogP contribution is 2.33. The lowest BCUT2D eigenvalue weighted by Gasteiger charge is -2.14. The van der Waals surface area contributed by atoms with Crippen LogP contribution in [0.3, 0.4) is 0 Å². The molecule has 166 valence electrons. The van der Waals surface area contributed by atoms with Crippen molar-refractivity contribution in [3.63, 3.8) is 0 Å². The number of ether oxygens (including phenoxy) is 3. The van der Waals surface area contributed by atoms with E-state index in [4.69, 9.17) is 18.4 Å². The monoisotopic (exact) mass is 454 g/mol. The quantitative estimate of drug-likeness (QED) is 0.199. The van der Waals surface area contributed by atoms with E-state index >= 15 is 0 Å². The molecule has 0 bridgehead atoms. The summed E-state index contributed by atoms with van der Waals surface area (Å²) in [5, 5.41) is 0. The summed E-state index contributed by atoms with van der Waals surface area (Å²) in [6.07, 6.45) is 1.28. The number of hydrogen-bond donors (Lipinski definition) is 0. The topological polar surface area (TPSA) is 88.1 Å². The van der Waals surface area contributed by atoms with Gasteiger partial charge in [-0.3, -0.25) is 0 Å². The zero-order valence-electron chi connectivity index (χ0n) is 17.6. The van der Waals surface area contributed by atoms with Crippen LogP contribution in [0.2, 0.25) is 0 Å². The maximum Gasteiger partial charge on any atom is 0.342 e. The molecule has 0 fully saturated rings. The highest BCUT2D eigenvalue weighted by molar-refractivity contribution is 7.87. The maximum atomic E-state index is 12.5. The third-order valence-corrected chi connectivity index (χ3v) is 5.44. The average Bonchev–Trinajstić information content (AvgIpc) is 2.79. The van der Waals surface area contributed by atoms with E-state index in [1.54, 1.807) is 61.5 Å². The molecule has 0 N–H and O–H groups in total. The summed E-state index contributed by atoms with van der Waals surface area (Å²) in [5.74, 6) is 0.198. The number of methoxy groups -OCH3 is 1. The fourth-order valence-corrected chi connectivity index (χ4v) is 3.75. The minimum Gasteiger partial charge on any atom is -0.503 e. The fraction of sp³-hybridized carbons (Fsp3) is 0.125. The van der Waals surface area contributed by atoms with Crippen LogP contribution in [0.15, 0.2) is 90.0 Å². The summed E-state index contributed by atoms with van der Waals surface area (Å²) in [5.41, 5.74) is 0.639. The van der Waals surface area contributed by atoms with Gasteiger partial charge >= 0.3 is 16.1 Å². The normalized spacial score (nSPS) is 11.5. The Morgan fingerprint density at radius 3 is 2.31 bits per heavy atom.